The highest BCUT2D eigenvalue weighted by atomic mass is 32.2. The monoisotopic (exact) mass is 405 g/mol. The van der Waals surface area contributed by atoms with E-state index < -0.39 is 20.4 Å². The summed E-state index contributed by atoms with van der Waals surface area (Å²) < 4.78 is 29.3. The van der Waals surface area contributed by atoms with E-state index in [9.17, 15) is 18.5 Å². The molecule has 0 radical (unpaired) electrons. The van der Waals surface area contributed by atoms with Crippen molar-refractivity contribution in [3.05, 3.63) is 57.6 Å². The van der Waals surface area contributed by atoms with Crippen molar-refractivity contribution in [1.29, 1.82) is 0 Å². The minimum Gasteiger partial charge on any atom is -0.411 e. The molecule has 0 amide bonds. The lowest BCUT2D eigenvalue weighted by Crippen LogP contribution is -2.03. The minimum atomic E-state index is -3.76. The lowest BCUT2D eigenvalue weighted by molar-refractivity contribution is -0.390. The molecule has 0 aliphatic carbocycles. The van der Waals surface area contributed by atoms with E-state index in [-0.39, 0.29) is 20.9 Å². The first-order valence-electron chi connectivity index (χ1n) is 7.72. The molecule has 27 heavy (non-hydrogen) atoms. The van der Waals surface area contributed by atoms with Gasteiger partial charge in [0.2, 0.25) is 5.89 Å². The summed E-state index contributed by atoms with van der Waals surface area (Å²) in [7, 11) is -3.76. The summed E-state index contributed by atoms with van der Waals surface area (Å²) in [4.78, 5) is 10.5. The van der Waals surface area contributed by atoms with E-state index in [1.807, 2.05) is 32.0 Å². The van der Waals surface area contributed by atoms with Gasteiger partial charge in [0.25, 0.3) is 5.22 Å². The van der Waals surface area contributed by atoms with Crippen LogP contribution in [-0.4, -0.2) is 29.8 Å². The molecule has 1 aromatic heterocycles. The summed E-state index contributed by atoms with van der Waals surface area (Å²) >= 11 is 0.850. The average Bonchev–Trinajstić information content (AvgIpc) is 3.01. The van der Waals surface area contributed by atoms with E-state index in [2.05, 4.69) is 10.2 Å². The Morgan fingerprint density at radius 3 is 2.37 bits per heavy atom. The van der Waals surface area contributed by atoms with E-state index in [1.165, 1.54) is 18.2 Å². The van der Waals surface area contributed by atoms with E-state index in [0.29, 0.717) is 0 Å². The maximum atomic E-state index is 11.9. The molecule has 10 heteroatoms. The van der Waals surface area contributed by atoms with E-state index >= 15 is 0 Å². The van der Waals surface area contributed by atoms with Crippen molar-refractivity contribution in [3.8, 4) is 11.5 Å². The van der Waals surface area contributed by atoms with Crippen LogP contribution in [0.5, 0.6) is 0 Å². The van der Waals surface area contributed by atoms with Crippen molar-refractivity contribution in [2.24, 2.45) is 0 Å². The van der Waals surface area contributed by atoms with Crippen LogP contribution in [0.2, 0.25) is 0 Å². The summed E-state index contributed by atoms with van der Waals surface area (Å²) in [5, 5.41) is 19.4. The number of hydrogen-bond donors (Lipinski definition) is 0. The SMILES string of the molecule is Cc1cc(C)cc(-c2nnc(Sc3cccc(S(C)(=O)=O)c3[N+](=O)[O-])o2)c1. The van der Waals surface area contributed by atoms with Crippen molar-refractivity contribution in [1.82, 2.24) is 10.2 Å². The number of nitrogens with zero attached hydrogens (tertiary/aromatic N) is 3. The molecule has 0 N–H and O–H groups in total. The molecule has 0 saturated heterocycles. The molecule has 0 spiro atoms. The van der Waals surface area contributed by atoms with Crippen molar-refractivity contribution in [2.75, 3.05) is 6.26 Å². The standard InChI is InChI=1S/C17H15N3O5S2/c1-10-7-11(2)9-12(8-10)16-18-19-17(25-16)26-13-5-4-6-14(27(3,23)24)15(13)20(21)22/h4-9H,1-3H3. The van der Waals surface area contributed by atoms with Gasteiger partial charge in [-0.3, -0.25) is 10.1 Å². The number of rotatable bonds is 5. The van der Waals surface area contributed by atoms with Gasteiger partial charge >= 0.3 is 5.69 Å². The smallest absolute Gasteiger partial charge is 0.301 e. The average molecular weight is 405 g/mol. The fourth-order valence-electron chi connectivity index (χ4n) is 2.62. The molecule has 0 aliphatic rings. The normalized spacial score (nSPS) is 11.5. The Kier molecular flexibility index (Phi) is 5.03. The third-order valence-corrected chi connectivity index (χ3v) is 5.63. The predicted octanol–water partition coefficient (Wildman–Crippen LogP) is 3.82. The molecule has 8 nitrogen and oxygen atoms in total. The molecular formula is C17H15N3O5S2. The molecule has 3 rings (SSSR count). The summed E-state index contributed by atoms with van der Waals surface area (Å²) in [5.74, 6) is 0.284. The Morgan fingerprint density at radius 2 is 1.78 bits per heavy atom. The van der Waals surface area contributed by atoms with Crippen LogP contribution < -0.4 is 0 Å². The number of para-hydroxylation sites is 1. The number of hydrogen-bond acceptors (Lipinski definition) is 8. The maximum absolute atomic E-state index is 11.9. The van der Waals surface area contributed by atoms with Crippen LogP contribution in [0, 0.1) is 24.0 Å². The maximum Gasteiger partial charge on any atom is 0.301 e. The van der Waals surface area contributed by atoms with Crippen molar-refractivity contribution in [3.63, 3.8) is 0 Å². The largest absolute Gasteiger partial charge is 0.411 e. The lowest BCUT2D eigenvalue weighted by Gasteiger charge is -2.04. The number of nitro benzene ring substituents is 1. The molecule has 0 atom stereocenters. The van der Waals surface area contributed by atoms with Gasteiger partial charge in [0, 0.05) is 11.8 Å². The number of aryl methyl sites for hydroxylation is 2. The lowest BCUT2D eigenvalue weighted by atomic mass is 10.1. The van der Waals surface area contributed by atoms with Gasteiger partial charge in [0.1, 0.15) is 4.90 Å². The van der Waals surface area contributed by atoms with Gasteiger partial charge in [-0.1, -0.05) is 23.3 Å². The first-order valence-corrected chi connectivity index (χ1v) is 10.4. The van der Waals surface area contributed by atoms with Crippen LogP contribution in [0.15, 0.2) is 55.8 Å². The van der Waals surface area contributed by atoms with Gasteiger partial charge < -0.3 is 4.42 Å². The Morgan fingerprint density at radius 1 is 1.11 bits per heavy atom. The van der Waals surface area contributed by atoms with Crippen LogP contribution in [-0.2, 0) is 9.84 Å². The van der Waals surface area contributed by atoms with Crippen LogP contribution in [0.25, 0.3) is 11.5 Å². The highest BCUT2D eigenvalue weighted by molar-refractivity contribution is 7.99. The highest BCUT2D eigenvalue weighted by Crippen LogP contribution is 2.38. The van der Waals surface area contributed by atoms with Gasteiger partial charge in [0.05, 0.1) is 9.82 Å². The molecule has 1 heterocycles. The zero-order valence-electron chi connectivity index (χ0n) is 14.7. The Balaban J connectivity index is 2.00. The topological polar surface area (TPSA) is 116 Å². The van der Waals surface area contributed by atoms with Gasteiger partial charge in [-0.05, 0) is 49.9 Å². The third kappa shape index (κ3) is 4.17. The van der Waals surface area contributed by atoms with Crippen LogP contribution >= 0.6 is 11.8 Å². The predicted molar refractivity (Wildman–Crippen MR) is 99.5 cm³/mol. The Labute approximate surface area is 159 Å². The zero-order chi connectivity index (χ0) is 19.8. The summed E-state index contributed by atoms with van der Waals surface area (Å²) in [6.45, 7) is 3.89. The van der Waals surface area contributed by atoms with E-state index in [4.69, 9.17) is 4.42 Å². The van der Waals surface area contributed by atoms with Gasteiger partial charge in [-0.2, -0.15) is 0 Å². The fraction of sp³-hybridized carbons (Fsp3) is 0.176. The number of sulfone groups is 1. The Hall–Kier alpha value is -2.72. The van der Waals surface area contributed by atoms with Gasteiger partial charge in [-0.25, -0.2) is 8.42 Å². The molecule has 0 saturated carbocycles. The van der Waals surface area contributed by atoms with Crippen molar-refractivity contribution in [2.45, 2.75) is 28.9 Å². The second kappa shape index (κ2) is 7.12. The second-order valence-electron chi connectivity index (χ2n) is 5.98. The highest BCUT2D eigenvalue weighted by Gasteiger charge is 2.27. The molecule has 0 unspecified atom stereocenters. The van der Waals surface area contributed by atoms with Crippen molar-refractivity contribution < 1.29 is 17.8 Å². The Bertz CT molecular complexity index is 1120. The molecular weight excluding hydrogens is 390 g/mol. The summed E-state index contributed by atoms with van der Waals surface area (Å²) in [6.07, 6.45) is 0.925. The summed E-state index contributed by atoms with van der Waals surface area (Å²) in [6, 6.07) is 9.87. The third-order valence-electron chi connectivity index (χ3n) is 3.62. The molecule has 0 bridgehead atoms. The fourth-order valence-corrected chi connectivity index (χ4v) is 4.37. The van der Waals surface area contributed by atoms with Crippen LogP contribution in [0.3, 0.4) is 0 Å². The minimum absolute atomic E-state index is 0.0814. The van der Waals surface area contributed by atoms with Crippen LogP contribution in [0.4, 0.5) is 5.69 Å². The molecule has 2 aromatic carbocycles. The first-order chi connectivity index (χ1) is 12.6. The first kappa shape index (κ1) is 19.1. The second-order valence-corrected chi connectivity index (χ2v) is 8.96. The molecule has 140 valence electrons. The van der Waals surface area contributed by atoms with Crippen LogP contribution in [0.1, 0.15) is 11.1 Å². The van der Waals surface area contributed by atoms with E-state index in [0.717, 1.165) is 34.7 Å². The number of benzene rings is 2. The van der Waals surface area contributed by atoms with Gasteiger partial charge in [0.15, 0.2) is 9.84 Å². The molecule has 3 aromatic rings. The quantitative estimate of drug-likeness (QED) is 0.464. The molecule has 0 aliphatic heterocycles. The molecule has 0 fully saturated rings. The summed E-state index contributed by atoms with van der Waals surface area (Å²) in [5.41, 5.74) is 2.31. The van der Waals surface area contributed by atoms with Gasteiger partial charge in [-0.15, -0.1) is 10.2 Å². The van der Waals surface area contributed by atoms with E-state index in [1.54, 1.807) is 0 Å². The van der Waals surface area contributed by atoms with Crippen molar-refractivity contribution >= 4 is 27.3 Å². The number of aromatic nitrogens is 2. The number of nitro groups is 1. The zero-order valence-corrected chi connectivity index (χ0v) is 16.3.